The first-order chi connectivity index (χ1) is 12.7. The minimum atomic E-state index is 0.0136. The quantitative estimate of drug-likeness (QED) is 0.830. The van der Waals surface area contributed by atoms with Crippen LogP contribution in [0.5, 0.6) is 5.75 Å². The molecule has 6 heteroatoms. The van der Waals surface area contributed by atoms with Gasteiger partial charge in [-0.3, -0.25) is 4.79 Å². The van der Waals surface area contributed by atoms with Gasteiger partial charge >= 0.3 is 0 Å². The lowest BCUT2D eigenvalue weighted by Crippen LogP contribution is -2.35. The van der Waals surface area contributed by atoms with Gasteiger partial charge in [0.2, 0.25) is 0 Å². The van der Waals surface area contributed by atoms with E-state index < -0.39 is 0 Å². The van der Waals surface area contributed by atoms with Gasteiger partial charge in [0.15, 0.2) is 0 Å². The van der Waals surface area contributed by atoms with E-state index in [1.54, 1.807) is 19.4 Å². The molecule has 0 radical (unpaired) electrons. The van der Waals surface area contributed by atoms with Gasteiger partial charge in [-0.05, 0) is 43.4 Å². The zero-order chi connectivity index (χ0) is 18.4. The van der Waals surface area contributed by atoms with Gasteiger partial charge in [-0.1, -0.05) is 29.8 Å². The summed E-state index contributed by atoms with van der Waals surface area (Å²) in [5.41, 5.74) is 1.67. The van der Waals surface area contributed by atoms with E-state index in [2.05, 4.69) is 10.3 Å². The van der Waals surface area contributed by atoms with Crippen LogP contribution in [0.2, 0.25) is 5.02 Å². The smallest absolute Gasteiger partial charge is 0.255 e. The molecule has 1 aliphatic heterocycles. The van der Waals surface area contributed by atoms with Crippen LogP contribution in [0.15, 0.2) is 36.5 Å². The Hall–Kier alpha value is -2.27. The number of aromatic nitrogens is 1. The Balaban J connectivity index is 1.60. The maximum Gasteiger partial charge on any atom is 0.255 e. The van der Waals surface area contributed by atoms with Gasteiger partial charge < -0.3 is 15.0 Å². The summed E-state index contributed by atoms with van der Waals surface area (Å²) < 4.78 is 5.36. The van der Waals surface area contributed by atoms with Crippen LogP contribution < -0.4 is 10.1 Å². The van der Waals surface area contributed by atoms with Gasteiger partial charge in [0, 0.05) is 25.8 Å². The number of benzene rings is 1. The van der Waals surface area contributed by atoms with Gasteiger partial charge in [-0.2, -0.15) is 0 Å². The monoisotopic (exact) mass is 373 g/mol. The van der Waals surface area contributed by atoms with E-state index in [0.29, 0.717) is 22.9 Å². The molecule has 0 atom stereocenters. The number of para-hydroxylation sites is 1. The molecule has 1 aromatic carbocycles. The Morgan fingerprint density at radius 3 is 2.77 bits per heavy atom. The molecule has 1 aliphatic rings. The Morgan fingerprint density at radius 1 is 1.27 bits per heavy atom. The first kappa shape index (κ1) is 18.5. The molecule has 0 unspecified atom stereocenters. The van der Waals surface area contributed by atoms with Crippen molar-refractivity contribution in [2.75, 3.05) is 32.1 Å². The maximum atomic E-state index is 12.5. The third kappa shape index (κ3) is 4.47. The number of hydrogen-bond donors (Lipinski definition) is 1. The number of likely N-dealkylation sites (tertiary alicyclic amines) is 1. The number of nitrogens with one attached hydrogen (secondary N) is 1. The van der Waals surface area contributed by atoms with Crippen molar-refractivity contribution in [2.45, 2.75) is 25.7 Å². The molecule has 0 saturated carbocycles. The molecule has 138 valence electrons. The second kappa shape index (κ2) is 8.90. The van der Waals surface area contributed by atoms with E-state index in [1.807, 2.05) is 29.2 Å². The topological polar surface area (TPSA) is 54.5 Å². The van der Waals surface area contributed by atoms with E-state index in [9.17, 15) is 4.79 Å². The second-order valence-corrected chi connectivity index (χ2v) is 6.80. The zero-order valence-corrected chi connectivity index (χ0v) is 15.8. The van der Waals surface area contributed by atoms with Crippen LogP contribution in [0, 0.1) is 0 Å². The van der Waals surface area contributed by atoms with E-state index in [4.69, 9.17) is 16.3 Å². The molecule has 1 fully saturated rings. The number of halogens is 1. The number of pyridine rings is 1. The largest absolute Gasteiger partial charge is 0.496 e. The van der Waals surface area contributed by atoms with E-state index in [-0.39, 0.29) is 5.91 Å². The lowest BCUT2D eigenvalue weighted by molar-refractivity contribution is 0.0724. The Bertz CT molecular complexity index is 760. The SMILES string of the molecule is COc1ccccc1CCNc1ncc(C(=O)N2CCCCC2)cc1Cl. The molecular weight excluding hydrogens is 350 g/mol. The predicted molar refractivity (Wildman–Crippen MR) is 104 cm³/mol. The third-order valence-corrected chi connectivity index (χ3v) is 4.90. The molecule has 1 saturated heterocycles. The fourth-order valence-electron chi connectivity index (χ4n) is 3.19. The van der Waals surface area contributed by atoms with Crippen molar-refractivity contribution in [2.24, 2.45) is 0 Å². The van der Waals surface area contributed by atoms with Crippen LogP contribution in [-0.4, -0.2) is 42.5 Å². The Labute approximate surface area is 159 Å². The summed E-state index contributed by atoms with van der Waals surface area (Å²) in [6.45, 7) is 2.30. The summed E-state index contributed by atoms with van der Waals surface area (Å²) in [5, 5.41) is 3.70. The molecule has 3 rings (SSSR count). The molecule has 2 heterocycles. The van der Waals surface area contributed by atoms with Crippen molar-refractivity contribution in [3.05, 3.63) is 52.7 Å². The van der Waals surface area contributed by atoms with Crippen LogP contribution in [-0.2, 0) is 6.42 Å². The van der Waals surface area contributed by atoms with Crippen LogP contribution in [0.4, 0.5) is 5.82 Å². The van der Waals surface area contributed by atoms with E-state index in [1.165, 1.54) is 6.42 Å². The minimum Gasteiger partial charge on any atom is -0.496 e. The highest BCUT2D eigenvalue weighted by Gasteiger charge is 2.19. The van der Waals surface area contributed by atoms with Crippen molar-refractivity contribution in [3.8, 4) is 5.75 Å². The summed E-state index contributed by atoms with van der Waals surface area (Å²) >= 11 is 6.33. The zero-order valence-electron chi connectivity index (χ0n) is 15.0. The molecule has 0 aliphatic carbocycles. The van der Waals surface area contributed by atoms with Crippen molar-refractivity contribution in [3.63, 3.8) is 0 Å². The molecular formula is C20H24ClN3O2. The number of ether oxygens (including phenoxy) is 1. The lowest BCUT2D eigenvalue weighted by atomic mass is 10.1. The number of nitrogens with zero attached hydrogens (tertiary/aromatic N) is 2. The average Bonchev–Trinajstić information content (AvgIpc) is 2.69. The van der Waals surface area contributed by atoms with Crippen LogP contribution in [0.1, 0.15) is 35.2 Å². The fourth-order valence-corrected chi connectivity index (χ4v) is 3.42. The summed E-state index contributed by atoms with van der Waals surface area (Å²) in [4.78, 5) is 18.8. The van der Waals surface area contributed by atoms with Crippen LogP contribution in [0.3, 0.4) is 0 Å². The first-order valence-electron chi connectivity index (χ1n) is 8.99. The number of piperidine rings is 1. The van der Waals surface area contributed by atoms with Crippen LogP contribution >= 0.6 is 11.6 Å². The molecule has 1 aromatic heterocycles. The minimum absolute atomic E-state index is 0.0136. The number of carbonyl (C=O) groups is 1. The van der Waals surface area contributed by atoms with Gasteiger partial charge in [-0.15, -0.1) is 0 Å². The van der Waals surface area contributed by atoms with Gasteiger partial charge in [0.05, 0.1) is 17.7 Å². The van der Waals surface area contributed by atoms with Crippen LogP contribution in [0.25, 0.3) is 0 Å². The Kier molecular flexibility index (Phi) is 6.34. The van der Waals surface area contributed by atoms with Gasteiger partial charge in [-0.25, -0.2) is 4.98 Å². The molecule has 5 nitrogen and oxygen atoms in total. The highest BCUT2D eigenvalue weighted by Crippen LogP contribution is 2.23. The van der Waals surface area contributed by atoms with Gasteiger partial charge in [0.1, 0.15) is 11.6 Å². The standard InChI is InChI=1S/C20H24ClN3O2/c1-26-18-8-4-3-7-15(18)9-10-22-19-17(21)13-16(14-23-19)20(25)24-11-5-2-6-12-24/h3-4,7-8,13-14H,2,5-6,9-12H2,1H3,(H,22,23). The summed E-state index contributed by atoms with van der Waals surface area (Å²) in [7, 11) is 1.67. The lowest BCUT2D eigenvalue weighted by Gasteiger charge is -2.26. The van der Waals surface area contributed by atoms with Crippen molar-refractivity contribution in [1.82, 2.24) is 9.88 Å². The molecule has 1 N–H and O–H groups in total. The number of carbonyl (C=O) groups excluding carboxylic acids is 1. The van der Waals surface area contributed by atoms with E-state index >= 15 is 0 Å². The first-order valence-corrected chi connectivity index (χ1v) is 9.37. The van der Waals surface area contributed by atoms with E-state index in [0.717, 1.165) is 43.7 Å². The number of rotatable bonds is 6. The molecule has 1 amide bonds. The average molecular weight is 374 g/mol. The predicted octanol–water partition coefficient (Wildman–Crippen LogP) is 4.02. The van der Waals surface area contributed by atoms with Crippen molar-refractivity contribution < 1.29 is 9.53 Å². The second-order valence-electron chi connectivity index (χ2n) is 6.40. The molecule has 0 spiro atoms. The summed E-state index contributed by atoms with van der Waals surface area (Å²) in [6, 6.07) is 9.63. The number of methoxy groups -OCH3 is 1. The van der Waals surface area contributed by atoms with Crippen molar-refractivity contribution >= 4 is 23.3 Å². The number of anilines is 1. The van der Waals surface area contributed by atoms with Gasteiger partial charge in [0.25, 0.3) is 5.91 Å². The Morgan fingerprint density at radius 2 is 2.04 bits per heavy atom. The highest BCUT2D eigenvalue weighted by atomic mass is 35.5. The highest BCUT2D eigenvalue weighted by molar-refractivity contribution is 6.33. The van der Waals surface area contributed by atoms with Crippen molar-refractivity contribution in [1.29, 1.82) is 0 Å². The number of hydrogen-bond acceptors (Lipinski definition) is 4. The third-order valence-electron chi connectivity index (χ3n) is 4.61. The number of amides is 1. The summed E-state index contributed by atoms with van der Waals surface area (Å²) in [6.07, 6.45) is 5.72. The maximum absolute atomic E-state index is 12.5. The fraction of sp³-hybridized carbons (Fsp3) is 0.400. The molecule has 26 heavy (non-hydrogen) atoms. The molecule has 0 bridgehead atoms. The molecule has 2 aromatic rings. The summed E-state index contributed by atoms with van der Waals surface area (Å²) in [5.74, 6) is 1.48. The normalized spacial score (nSPS) is 14.2.